The van der Waals surface area contributed by atoms with Crippen LogP contribution in [0.2, 0.25) is 5.02 Å². The normalized spacial score (nSPS) is 10.4. The maximum Gasteiger partial charge on any atom is 0.221 e. The molecular formula is C19H23ClN2O3. The van der Waals surface area contributed by atoms with E-state index in [1.54, 1.807) is 14.2 Å². The number of hydrogen-bond donors (Lipinski definition) is 2. The van der Waals surface area contributed by atoms with Crippen molar-refractivity contribution in [3.8, 4) is 11.5 Å². The van der Waals surface area contributed by atoms with E-state index in [4.69, 9.17) is 21.1 Å². The average Bonchev–Trinajstić information content (AvgIpc) is 2.64. The molecule has 134 valence electrons. The summed E-state index contributed by atoms with van der Waals surface area (Å²) in [5.41, 5.74) is 1.98. The Hall–Kier alpha value is -2.24. The molecule has 2 aromatic rings. The highest BCUT2D eigenvalue weighted by Gasteiger charge is 2.06. The molecule has 0 saturated heterocycles. The summed E-state index contributed by atoms with van der Waals surface area (Å²) in [7, 11) is 3.22. The van der Waals surface area contributed by atoms with Crippen molar-refractivity contribution in [2.75, 3.05) is 20.8 Å². The van der Waals surface area contributed by atoms with Crippen LogP contribution in [-0.2, 0) is 17.9 Å². The highest BCUT2D eigenvalue weighted by Crippen LogP contribution is 2.27. The lowest BCUT2D eigenvalue weighted by atomic mass is 10.2. The van der Waals surface area contributed by atoms with Crippen molar-refractivity contribution in [2.24, 2.45) is 0 Å². The quantitative estimate of drug-likeness (QED) is 0.673. The zero-order valence-corrected chi connectivity index (χ0v) is 15.2. The Labute approximate surface area is 153 Å². The van der Waals surface area contributed by atoms with E-state index in [0.29, 0.717) is 42.6 Å². The number of nitrogens with one attached hydrogen (secondary N) is 2. The second kappa shape index (κ2) is 9.91. The van der Waals surface area contributed by atoms with E-state index in [2.05, 4.69) is 10.6 Å². The summed E-state index contributed by atoms with van der Waals surface area (Å²) in [4.78, 5) is 11.9. The van der Waals surface area contributed by atoms with Gasteiger partial charge in [0.05, 0.1) is 14.2 Å². The molecule has 0 aliphatic heterocycles. The van der Waals surface area contributed by atoms with Crippen molar-refractivity contribution < 1.29 is 14.3 Å². The molecule has 6 heteroatoms. The van der Waals surface area contributed by atoms with Crippen molar-refractivity contribution >= 4 is 17.5 Å². The van der Waals surface area contributed by atoms with Gasteiger partial charge in [-0.1, -0.05) is 35.9 Å². The molecule has 25 heavy (non-hydrogen) atoms. The van der Waals surface area contributed by atoms with Gasteiger partial charge in [-0.25, -0.2) is 0 Å². The van der Waals surface area contributed by atoms with E-state index in [-0.39, 0.29) is 5.91 Å². The first-order valence-electron chi connectivity index (χ1n) is 8.05. The smallest absolute Gasteiger partial charge is 0.221 e. The third-order valence-electron chi connectivity index (χ3n) is 3.74. The van der Waals surface area contributed by atoms with Gasteiger partial charge in [0.25, 0.3) is 0 Å². The summed E-state index contributed by atoms with van der Waals surface area (Å²) in [6, 6.07) is 13.2. The fraction of sp³-hybridized carbons (Fsp3) is 0.316. The summed E-state index contributed by atoms with van der Waals surface area (Å²) in [6.07, 6.45) is 0.401. The molecule has 0 atom stereocenters. The zero-order chi connectivity index (χ0) is 18.1. The third kappa shape index (κ3) is 5.96. The lowest BCUT2D eigenvalue weighted by Gasteiger charge is -2.10. The van der Waals surface area contributed by atoms with Gasteiger partial charge in [0, 0.05) is 31.1 Å². The molecule has 1 amide bonds. The van der Waals surface area contributed by atoms with Crippen LogP contribution in [0.15, 0.2) is 42.5 Å². The third-order valence-corrected chi connectivity index (χ3v) is 4.11. The van der Waals surface area contributed by atoms with E-state index >= 15 is 0 Å². The van der Waals surface area contributed by atoms with Crippen molar-refractivity contribution in [1.29, 1.82) is 0 Å². The highest BCUT2D eigenvalue weighted by molar-refractivity contribution is 6.31. The Morgan fingerprint density at radius 3 is 2.52 bits per heavy atom. The van der Waals surface area contributed by atoms with Gasteiger partial charge in [-0.05, 0) is 29.3 Å². The fourth-order valence-corrected chi connectivity index (χ4v) is 2.55. The molecule has 0 radical (unpaired) electrons. The van der Waals surface area contributed by atoms with Gasteiger partial charge in [-0.15, -0.1) is 0 Å². The maximum atomic E-state index is 11.9. The zero-order valence-electron chi connectivity index (χ0n) is 14.5. The lowest BCUT2D eigenvalue weighted by molar-refractivity contribution is -0.121. The van der Waals surface area contributed by atoms with E-state index in [0.717, 1.165) is 11.1 Å². The van der Waals surface area contributed by atoms with Crippen LogP contribution in [0.4, 0.5) is 0 Å². The molecule has 0 spiro atoms. The number of halogens is 1. The minimum Gasteiger partial charge on any atom is -0.493 e. The summed E-state index contributed by atoms with van der Waals surface area (Å²) in [6.45, 7) is 1.68. The van der Waals surface area contributed by atoms with Crippen LogP contribution in [-0.4, -0.2) is 26.7 Å². The molecule has 0 aliphatic rings. The first kappa shape index (κ1) is 19.1. The van der Waals surface area contributed by atoms with Crippen LogP contribution in [0.3, 0.4) is 0 Å². The Morgan fingerprint density at radius 1 is 1.04 bits per heavy atom. The average molecular weight is 363 g/mol. The second-order valence-corrected chi connectivity index (χ2v) is 5.89. The number of amides is 1. The number of carbonyl (C=O) groups is 1. The van der Waals surface area contributed by atoms with E-state index in [1.807, 2.05) is 42.5 Å². The molecule has 0 fully saturated rings. The summed E-state index contributed by atoms with van der Waals surface area (Å²) < 4.78 is 10.5. The Bertz CT molecular complexity index is 707. The monoisotopic (exact) mass is 362 g/mol. The number of carbonyl (C=O) groups excluding carboxylic acids is 1. The topological polar surface area (TPSA) is 59.6 Å². The SMILES string of the molecule is COc1ccc(CNCCC(=O)NCc2ccccc2Cl)cc1OC. The molecule has 0 saturated carbocycles. The molecule has 0 aromatic heterocycles. The fourth-order valence-electron chi connectivity index (χ4n) is 2.35. The Balaban J connectivity index is 1.70. The van der Waals surface area contributed by atoms with E-state index in [1.165, 1.54) is 0 Å². The molecule has 0 unspecified atom stereocenters. The first-order chi connectivity index (χ1) is 12.1. The molecular weight excluding hydrogens is 340 g/mol. The number of rotatable bonds is 9. The summed E-state index contributed by atoms with van der Waals surface area (Å²) >= 11 is 6.07. The molecule has 0 aliphatic carbocycles. The Morgan fingerprint density at radius 2 is 1.80 bits per heavy atom. The molecule has 2 rings (SSSR count). The predicted molar refractivity (Wildman–Crippen MR) is 99.2 cm³/mol. The van der Waals surface area contributed by atoms with Crippen LogP contribution < -0.4 is 20.1 Å². The highest BCUT2D eigenvalue weighted by atomic mass is 35.5. The second-order valence-electron chi connectivity index (χ2n) is 5.48. The van der Waals surface area contributed by atoms with Crippen LogP contribution >= 0.6 is 11.6 Å². The molecule has 0 bridgehead atoms. The number of ether oxygens (including phenoxy) is 2. The Kier molecular flexibility index (Phi) is 7.57. The van der Waals surface area contributed by atoms with Gasteiger partial charge < -0.3 is 20.1 Å². The van der Waals surface area contributed by atoms with E-state index in [9.17, 15) is 4.79 Å². The van der Waals surface area contributed by atoms with Gasteiger partial charge in [0.15, 0.2) is 11.5 Å². The van der Waals surface area contributed by atoms with Crippen LogP contribution in [0, 0.1) is 0 Å². The minimum atomic E-state index is -0.0141. The van der Waals surface area contributed by atoms with Gasteiger partial charge in [0.2, 0.25) is 5.91 Å². The maximum absolute atomic E-state index is 11.9. The van der Waals surface area contributed by atoms with Gasteiger partial charge >= 0.3 is 0 Å². The van der Waals surface area contributed by atoms with Crippen molar-refractivity contribution in [3.63, 3.8) is 0 Å². The molecule has 5 nitrogen and oxygen atoms in total. The van der Waals surface area contributed by atoms with Crippen LogP contribution in [0.25, 0.3) is 0 Å². The summed E-state index contributed by atoms with van der Waals surface area (Å²) in [5.74, 6) is 1.38. The summed E-state index contributed by atoms with van der Waals surface area (Å²) in [5, 5.41) is 6.78. The van der Waals surface area contributed by atoms with Crippen molar-refractivity contribution in [1.82, 2.24) is 10.6 Å². The minimum absolute atomic E-state index is 0.0141. The lowest BCUT2D eigenvalue weighted by Crippen LogP contribution is -2.27. The van der Waals surface area contributed by atoms with Crippen molar-refractivity contribution in [2.45, 2.75) is 19.5 Å². The van der Waals surface area contributed by atoms with Gasteiger partial charge in [-0.3, -0.25) is 4.79 Å². The number of benzene rings is 2. The largest absolute Gasteiger partial charge is 0.493 e. The van der Waals surface area contributed by atoms with Gasteiger partial charge in [0.1, 0.15) is 0 Å². The predicted octanol–water partition coefficient (Wildman–Crippen LogP) is 3.15. The number of hydrogen-bond acceptors (Lipinski definition) is 4. The van der Waals surface area contributed by atoms with E-state index < -0.39 is 0 Å². The first-order valence-corrected chi connectivity index (χ1v) is 8.43. The van der Waals surface area contributed by atoms with Crippen LogP contribution in [0.1, 0.15) is 17.5 Å². The number of methoxy groups -OCH3 is 2. The van der Waals surface area contributed by atoms with Crippen molar-refractivity contribution in [3.05, 3.63) is 58.6 Å². The van der Waals surface area contributed by atoms with Gasteiger partial charge in [-0.2, -0.15) is 0 Å². The molecule has 2 N–H and O–H groups in total. The van der Waals surface area contributed by atoms with Crippen LogP contribution in [0.5, 0.6) is 11.5 Å². The molecule has 0 heterocycles. The molecule has 2 aromatic carbocycles. The standard InChI is InChI=1S/C19H23ClN2O3/c1-24-17-8-7-14(11-18(17)25-2)12-21-10-9-19(23)22-13-15-5-3-4-6-16(15)20/h3-8,11,21H,9-10,12-13H2,1-2H3,(H,22,23).